The van der Waals surface area contributed by atoms with Gasteiger partial charge in [-0.15, -0.1) is 11.3 Å². The zero-order valence-corrected chi connectivity index (χ0v) is 16.9. The van der Waals surface area contributed by atoms with Crippen LogP contribution in [0.1, 0.15) is 26.9 Å². The fraction of sp³-hybridized carbons (Fsp3) is 0.353. The Balaban J connectivity index is 1.84. The van der Waals surface area contributed by atoms with Crippen LogP contribution in [0, 0.1) is 0 Å². The van der Waals surface area contributed by atoms with Crippen molar-refractivity contribution in [2.45, 2.75) is 11.7 Å². The number of benzene rings is 1. The van der Waals surface area contributed by atoms with Crippen LogP contribution in [0.5, 0.6) is 5.75 Å². The SMILES string of the molecule is COc1ccc(Br)c(C(=O)N2CC[C@H](c3cccs3)S(=O)(=O)CC2)c1. The van der Waals surface area contributed by atoms with E-state index in [1.807, 2.05) is 17.5 Å². The first kappa shape index (κ1) is 18.4. The maximum Gasteiger partial charge on any atom is 0.255 e. The number of carbonyl (C=O) groups excluding carboxylic acids is 1. The van der Waals surface area contributed by atoms with Crippen LogP contribution in [-0.2, 0) is 9.84 Å². The number of nitrogens with zero attached hydrogens (tertiary/aromatic N) is 1. The summed E-state index contributed by atoms with van der Waals surface area (Å²) in [6.45, 7) is 0.608. The molecular formula is C17H18BrNO4S2. The van der Waals surface area contributed by atoms with Crippen molar-refractivity contribution < 1.29 is 17.9 Å². The number of hydrogen-bond acceptors (Lipinski definition) is 5. The van der Waals surface area contributed by atoms with Gasteiger partial charge in [-0.3, -0.25) is 4.79 Å². The number of ether oxygens (including phenoxy) is 1. The molecule has 1 aliphatic heterocycles. The van der Waals surface area contributed by atoms with Crippen LogP contribution in [0.2, 0.25) is 0 Å². The maximum absolute atomic E-state index is 12.9. The lowest BCUT2D eigenvalue weighted by molar-refractivity contribution is 0.0765. The Hall–Kier alpha value is -1.38. The van der Waals surface area contributed by atoms with E-state index in [2.05, 4.69) is 15.9 Å². The third-order valence-corrected chi connectivity index (χ3v) is 8.23. The molecule has 1 aliphatic rings. The molecular weight excluding hydrogens is 426 g/mol. The molecule has 1 fully saturated rings. The van der Waals surface area contributed by atoms with Crippen molar-refractivity contribution in [3.8, 4) is 5.75 Å². The van der Waals surface area contributed by atoms with E-state index in [9.17, 15) is 13.2 Å². The molecule has 0 unspecified atom stereocenters. The van der Waals surface area contributed by atoms with E-state index in [0.717, 1.165) is 4.88 Å². The molecule has 0 radical (unpaired) electrons. The Bertz CT molecular complexity index is 865. The van der Waals surface area contributed by atoms with Crippen molar-refractivity contribution in [1.29, 1.82) is 0 Å². The van der Waals surface area contributed by atoms with Crippen LogP contribution in [0.4, 0.5) is 0 Å². The molecule has 3 rings (SSSR count). The topological polar surface area (TPSA) is 63.7 Å². The Labute approximate surface area is 159 Å². The molecule has 0 saturated carbocycles. The second-order valence-corrected chi connectivity index (χ2v) is 9.93. The summed E-state index contributed by atoms with van der Waals surface area (Å²) in [4.78, 5) is 15.4. The van der Waals surface area contributed by atoms with E-state index >= 15 is 0 Å². The fourth-order valence-electron chi connectivity index (χ4n) is 2.91. The molecule has 25 heavy (non-hydrogen) atoms. The van der Waals surface area contributed by atoms with Crippen LogP contribution in [0.25, 0.3) is 0 Å². The number of carbonyl (C=O) groups is 1. The summed E-state index contributed by atoms with van der Waals surface area (Å²) in [5.41, 5.74) is 0.478. The predicted octanol–water partition coefficient (Wildman–Crippen LogP) is 3.52. The van der Waals surface area contributed by atoms with Crippen LogP contribution < -0.4 is 4.74 Å². The number of hydrogen-bond donors (Lipinski definition) is 0. The highest BCUT2D eigenvalue weighted by atomic mass is 79.9. The second-order valence-electron chi connectivity index (χ2n) is 5.80. The first-order valence-corrected chi connectivity index (χ1v) is 11.2. The lowest BCUT2D eigenvalue weighted by atomic mass is 10.1. The summed E-state index contributed by atoms with van der Waals surface area (Å²) in [5, 5.41) is 1.35. The van der Waals surface area contributed by atoms with Crippen molar-refractivity contribution >= 4 is 43.0 Å². The van der Waals surface area contributed by atoms with Gasteiger partial charge < -0.3 is 9.64 Å². The minimum Gasteiger partial charge on any atom is -0.497 e. The fourth-order valence-corrected chi connectivity index (χ4v) is 6.33. The number of halogens is 1. The summed E-state index contributed by atoms with van der Waals surface area (Å²) in [6.07, 6.45) is 0.413. The highest BCUT2D eigenvalue weighted by Gasteiger charge is 2.33. The molecule has 1 aromatic carbocycles. The molecule has 0 aliphatic carbocycles. The van der Waals surface area contributed by atoms with Gasteiger partial charge in [0.15, 0.2) is 9.84 Å². The van der Waals surface area contributed by atoms with E-state index in [0.29, 0.717) is 28.8 Å². The molecule has 1 amide bonds. The molecule has 1 aromatic heterocycles. The van der Waals surface area contributed by atoms with E-state index in [4.69, 9.17) is 4.74 Å². The smallest absolute Gasteiger partial charge is 0.255 e. The molecule has 1 atom stereocenters. The summed E-state index contributed by atoms with van der Waals surface area (Å²) in [6, 6.07) is 8.90. The van der Waals surface area contributed by atoms with Crippen molar-refractivity contribution in [1.82, 2.24) is 4.90 Å². The monoisotopic (exact) mass is 443 g/mol. The zero-order chi connectivity index (χ0) is 18.0. The minimum absolute atomic E-state index is 0.0249. The minimum atomic E-state index is -3.27. The summed E-state index contributed by atoms with van der Waals surface area (Å²) < 4.78 is 31.1. The van der Waals surface area contributed by atoms with E-state index in [1.54, 1.807) is 30.2 Å². The van der Waals surface area contributed by atoms with E-state index in [-0.39, 0.29) is 18.2 Å². The van der Waals surface area contributed by atoms with Crippen LogP contribution in [-0.4, -0.2) is 45.2 Å². The van der Waals surface area contributed by atoms with Gasteiger partial charge in [0, 0.05) is 22.4 Å². The van der Waals surface area contributed by atoms with E-state index < -0.39 is 15.1 Å². The Morgan fingerprint density at radius 3 is 2.80 bits per heavy atom. The van der Waals surface area contributed by atoms with Crippen molar-refractivity contribution in [2.24, 2.45) is 0 Å². The van der Waals surface area contributed by atoms with Crippen molar-refractivity contribution in [2.75, 3.05) is 26.0 Å². The average molecular weight is 444 g/mol. The molecule has 0 N–H and O–H groups in total. The number of amides is 1. The van der Waals surface area contributed by atoms with Gasteiger partial charge in [-0.05, 0) is 52.0 Å². The second kappa shape index (κ2) is 7.47. The van der Waals surface area contributed by atoms with E-state index in [1.165, 1.54) is 11.3 Å². The van der Waals surface area contributed by atoms with Gasteiger partial charge in [-0.25, -0.2) is 8.42 Å². The summed E-state index contributed by atoms with van der Waals surface area (Å²) >= 11 is 4.84. The lowest BCUT2D eigenvalue weighted by Gasteiger charge is -2.21. The third-order valence-electron chi connectivity index (χ3n) is 4.29. The summed E-state index contributed by atoms with van der Waals surface area (Å²) in [5.74, 6) is 0.376. The molecule has 134 valence electrons. The molecule has 8 heteroatoms. The molecule has 5 nitrogen and oxygen atoms in total. The summed E-state index contributed by atoms with van der Waals surface area (Å²) in [7, 11) is -1.73. The maximum atomic E-state index is 12.9. The Morgan fingerprint density at radius 1 is 1.32 bits per heavy atom. The van der Waals surface area contributed by atoms with Crippen molar-refractivity contribution in [3.63, 3.8) is 0 Å². The average Bonchev–Trinajstić information content (AvgIpc) is 3.06. The van der Waals surface area contributed by atoms with Gasteiger partial charge in [0.1, 0.15) is 5.75 Å². The van der Waals surface area contributed by atoms with Gasteiger partial charge in [-0.1, -0.05) is 6.07 Å². The van der Waals surface area contributed by atoms with Gasteiger partial charge >= 0.3 is 0 Å². The Kier molecular flexibility index (Phi) is 5.50. The Morgan fingerprint density at radius 2 is 2.12 bits per heavy atom. The number of methoxy groups -OCH3 is 1. The zero-order valence-electron chi connectivity index (χ0n) is 13.6. The molecule has 2 aromatic rings. The van der Waals surface area contributed by atoms with Gasteiger partial charge in [-0.2, -0.15) is 0 Å². The highest BCUT2D eigenvalue weighted by molar-refractivity contribution is 9.10. The molecule has 0 spiro atoms. The number of rotatable bonds is 3. The molecule has 1 saturated heterocycles. The van der Waals surface area contributed by atoms with Crippen LogP contribution >= 0.6 is 27.3 Å². The first-order chi connectivity index (χ1) is 11.9. The lowest BCUT2D eigenvalue weighted by Crippen LogP contribution is -2.33. The normalized spacial score (nSPS) is 20.1. The van der Waals surface area contributed by atoms with Gasteiger partial charge in [0.25, 0.3) is 5.91 Å². The highest BCUT2D eigenvalue weighted by Crippen LogP contribution is 2.33. The standard InChI is InChI=1S/C17H18BrNO4S2/c1-23-12-4-5-14(18)13(11-12)17(20)19-7-6-16(15-3-2-9-24-15)25(21,22)10-8-19/h2-5,9,11,16H,6-8,10H2,1H3/t16-/m1/s1. The van der Waals surface area contributed by atoms with Gasteiger partial charge in [0.05, 0.1) is 23.7 Å². The number of thiophene rings is 1. The predicted molar refractivity (Wildman–Crippen MR) is 102 cm³/mol. The quantitative estimate of drug-likeness (QED) is 0.727. The van der Waals surface area contributed by atoms with Crippen molar-refractivity contribution in [3.05, 3.63) is 50.6 Å². The molecule has 0 bridgehead atoms. The van der Waals surface area contributed by atoms with Gasteiger partial charge in [0.2, 0.25) is 0 Å². The number of sulfone groups is 1. The third kappa shape index (κ3) is 3.91. The largest absolute Gasteiger partial charge is 0.497 e. The van der Waals surface area contributed by atoms with Crippen LogP contribution in [0.3, 0.4) is 0 Å². The first-order valence-electron chi connectivity index (χ1n) is 7.80. The van der Waals surface area contributed by atoms with Crippen LogP contribution in [0.15, 0.2) is 40.2 Å². The molecule has 2 heterocycles.